The van der Waals surface area contributed by atoms with Crippen LogP contribution >= 0.6 is 27.3 Å². The van der Waals surface area contributed by atoms with E-state index in [9.17, 15) is 14.4 Å². The molecule has 0 radical (unpaired) electrons. The Morgan fingerprint density at radius 2 is 1.77 bits per heavy atom. The summed E-state index contributed by atoms with van der Waals surface area (Å²) in [6.07, 6.45) is 1.65. The smallest absolute Gasteiger partial charge is 0.338 e. The second kappa shape index (κ2) is 12.7. The quantitative estimate of drug-likeness (QED) is 0.240. The average molecular weight is 682 g/mol. The SMILES string of the molecule is CCOC(=O)C1=C(C)N=c2s/c(=C/c3ccc(-c4ccc(C(=O)OC)cc4C)o3)c(=O)n2[C@@H]1c1cc(OC)c(OC)cc1Br. The molecule has 0 spiro atoms. The number of aromatic nitrogens is 1. The molecule has 0 amide bonds. The van der Waals surface area contributed by atoms with Crippen LogP contribution in [-0.4, -0.2) is 44.4 Å². The van der Waals surface area contributed by atoms with E-state index >= 15 is 0 Å². The van der Waals surface area contributed by atoms with Gasteiger partial charge in [-0.15, -0.1) is 0 Å². The van der Waals surface area contributed by atoms with Crippen molar-refractivity contribution < 1.29 is 33.0 Å². The molecule has 10 nitrogen and oxygen atoms in total. The number of esters is 2. The van der Waals surface area contributed by atoms with Gasteiger partial charge in [0.25, 0.3) is 5.56 Å². The Hall–Kier alpha value is -4.42. The molecule has 0 saturated carbocycles. The third-order valence-electron chi connectivity index (χ3n) is 7.13. The van der Waals surface area contributed by atoms with Crippen LogP contribution in [0.5, 0.6) is 11.5 Å². The summed E-state index contributed by atoms with van der Waals surface area (Å²) in [5.41, 5.74) is 2.99. The molecule has 2 aromatic heterocycles. The van der Waals surface area contributed by atoms with Gasteiger partial charge >= 0.3 is 11.9 Å². The van der Waals surface area contributed by atoms with Crippen LogP contribution in [0.15, 0.2) is 72.4 Å². The third-order valence-corrected chi connectivity index (χ3v) is 8.80. The number of fused-ring (bicyclic) bond motifs is 1. The van der Waals surface area contributed by atoms with Crippen molar-refractivity contribution in [2.75, 3.05) is 27.9 Å². The second-order valence-electron chi connectivity index (χ2n) is 9.75. The molecule has 0 fully saturated rings. The number of aryl methyl sites for hydroxylation is 1. The van der Waals surface area contributed by atoms with Gasteiger partial charge in [-0.3, -0.25) is 9.36 Å². The minimum Gasteiger partial charge on any atom is -0.493 e. The first-order valence-corrected chi connectivity index (χ1v) is 15.1. The van der Waals surface area contributed by atoms with Crippen molar-refractivity contribution in [3.05, 3.63) is 100 Å². The normalized spacial score (nSPS) is 14.6. The van der Waals surface area contributed by atoms with E-state index in [4.69, 9.17) is 23.4 Å². The van der Waals surface area contributed by atoms with Crippen molar-refractivity contribution >= 4 is 45.3 Å². The van der Waals surface area contributed by atoms with Crippen LogP contribution in [0, 0.1) is 6.92 Å². The molecule has 3 heterocycles. The summed E-state index contributed by atoms with van der Waals surface area (Å²) in [4.78, 5) is 44.3. The minimum atomic E-state index is -0.857. The molecule has 0 aliphatic carbocycles. The van der Waals surface area contributed by atoms with E-state index in [1.807, 2.05) is 6.92 Å². The molecule has 4 aromatic rings. The van der Waals surface area contributed by atoms with E-state index in [1.165, 1.54) is 37.2 Å². The minimum absolute atomic E-state index is 0.158. The fraction of sp³-hybridized carbons (Fsp3) is 0.250. The molecule has 44 heavy (non-hydrogen) atoms. The molecule has 12 heteroatoms. The monoisotopic (exact) mass is 680 g/mol. The summed E-state index contributed by atoms with van der Waals surface area (Å²) < 4.78 is 29.7. The van der Waals surface area contributed by atoms with E-state index in [0.29, 0.717) is 53.6 Å². The number of carbonyl (C=O) groups is 2. The zero-order valence-corrected chi connectivity index (χ0v) is 27.3. The standard InChI is InChI=1S/C32H29BrN2O8S/c1-7-42-31(38)27-17(3)34-32-35(28(27)21-14-24(39-4)25(40-5)15-22(21)33)29(36)26(44-32)13-19-9-11-23(43-19)20-10-8-18(12-16(20)2)30(37)41-6/h8-15,28H,7H2,1-6H3/b26-13+/t28-/m1/s1. The highest BCUT2D eigenvalue weighted by Crippen LogP contribution is 2.40. The maximum atomic E-state index is 14.0. The van der Waals surface area contributed by atoms with Crippen LogP contribution in [0.2, 0.25) is 0 Å². The predicted octanol–water partition coefficient (Wildman–Crippen LogP) is 4.93. The van der Waals surface area contributed by atoms with E-state index < -0.39 is 18.0 Å². The molecule has 1 aliphatic heterocycles. The summed E-state index contributed by atoms with van der Waals surface area (Å²) in [6, 6.07) is 11.4. The number of hydrogen-bond donors (Lipinski definition) is 0. The first-order valence-electron chi connectivity index (χ1n) is 13.5. The lowest BCUT2D eigenvalue weighted by atomic mass is 9.95. The molecule has 1 atom stereocenters. The molecule has 0 saturated heterocycles. The number of methoxy groups -OCH3 is 3. The predicted molar refractivity (Wildman–Crippen MR) is 168 cm³/mol. The highest BCUT2D eigenvalue weighted by molar-refractivity contribution is 9.10. The highest BCUT2D eigenvalue weighted by Gasteiger charge is 2.35. The molecular weight excluding hydrogens is 652 g/mol. The maximum absolute atomic E-state index is 14.0. The van der Waals surface area contributed by atoms with Gasteiger partial charge in [-0.2, -0.15) is 0 Å². The highest BCUT2D eigenvalue weighted by atomic mass is 79.9. The number of allylic oxidation sites excluding steroid dienone is 1. The lowest BCUT2D eigenvalue weighted by Crippen LogP contribution is -2.40. The van der Waals surface area contributed by atoms with Crippen LogP contribution in [0.25, 0.3) is 17.4 Å². The van der Waals surface area contributed by atoms with E-state index in [0.717, 1.165) is 11.1 Å². The number of carbonyl (C=O) groups excluding carboxylic acids is 2. The van der Waals surface area contributed by atoms with Crippen molar-refractivity contribution in [1.82, 2.24) is 4.57 Å². The van der Waals surface area contributed by atoms with Gasteiger partial charge < -0.3 is 23.4 Å². The van der Waals surface area contributed by atoms with Crippen molar-refractivity contribution in [3.8, 4) is 22.8 Å². The Morgan fingerprint density at radius 3 is 2.43 bits per heavy atom. The van der Waals surface area contributed by atoms with Crippen LogP contribution in [0.3, 0.4) is 0 Å². The number of ether oxygens (including phenoxy) is 4. The number of hydrogen-bond acceptors (Lipinski definition) is 10. The lowest BCUT2D eigenvalue weighted by Gasteiger charge is -2.26. The number of benzene rings is 2. The molecular formula is C32H29BrN2O8S. The number of thiazole rings is 1. The number of halogens is 1. The van der Waals surface area contributed by atoms with Gasteiger partial charge in [-0.05, 0) is 68.3 Å². The average Bonchev–Trinajstić information content (AvgIpc) is 3.59. The van der Waals surface area contributed by atoms with E-state index in [-0.39, 0.29) is 17.7 Å². The van der Waals surface area contributed by atoms with Gasteiger partial charge in [-0.1, -0.05) is 33.3 Å². The van der Waals surface area contributed by atoms with Crippen LogP contribution in [-0.2, 0) is 14.3 Å². The van der Waals surface area contributed by atoms with Gasteiger partial charge in [0.1, 0.15) is 11.5 Å². The molecule has 5 rings (SSSR count). The summed E-state index contributed by atoms with van der Waals surface area (Å²) >= 11 is 4.79. The molecule has 228 valence electrons. The van der Waals surface area contributed by atoms with Crippen LogP contribution in [0.4, 0.5) is 0 Å². The number of furan rings is 1. The first kappa shape index (κ1) is 31.0. The van der Waals surface area contributed by atoms with Gasteiger partial charge in [0.15, 0.2) is 16.3 Å². The molecule has 1 aliphatic rings. The van der Waals surface area contributed by atoms with Crippen molar-refractivity contribution in [2.45, 2.75) is 26.8 Å². The van der Waals surface area contributed by atoms with E-state index in [2.05, 4.69) is 20.9 Å². The third kappa shape index (κ3) is 5.62. The summed E-state index contributed by atoms with van der Waals surface area (Å²) in [7, 11) is 4.38. The second-order valence-corrected chi connectivity index (χ2v) is 11.6. The van der Waals surface area contributed by atoms with Gasteiger partial charge in [0.2, 0.25) is 0 Å². The molecule has 2 aromatic carbocycles. The first-order chi connectivity index (χ1) is 21.1. The largest absolute Gasteiger partial charge is 0.493 e. The molecule has 0 bridgehead atoms. The van der Waals surface area contributed by atoms with Gasteiger partial charge in [0.05, 0.1) is 55.3 Å². The van der Waals surface area contributed by atoms with Gasteiger partial charge in [0, 0.05) is 16.1 Å². The zero-order valence-electron chi connectivity index (χ0n) is 24.8. The lowest BCUT2D eigenvalue weighted by molar-refractivity contribution is -0.139. The van der Waals surface area contributed by atoms with Crippen molar-refractivity contribution in [1.29, 1.82) is 0 Å². The summed E-state index contributed by atoms with van der Waals surface area (Å²) in [6.45, 7) is 5.47. The topological polar surface area (TPSA) is 119 Å². The van der Waals surface area contributed by atoms with Crippen LogP contribution < -0.4 is 24.4 Å². The Labute approximate surface area is 265 Å². The summed E-state index contributed by atoms with van der Waals surface area (Å²) in [5.74, 6) is 0.952. The number of rotatable bonds is 8. The fourth-order valence-corrected chi connectivity index (χ4v) is 6.62. The molecule has 0 unspecified atom stereocenters. The number of nitrogens with zero attached hydrogens (tertiary/aromatic N) is 2. The zero-order chi connectivity index (χ0) is 31.7. The van der Waals surface area contributed by atoms with Crippen molar-refractivity contribution in [3.63, 3.8) is 0 Å². The Morgan fingerprint density at radius 1 is 1.05 bits per heavy atom. The van der Waals surface area contributed by atoms with Crippen LogP contribution in [0.1, 0.15) is 47.1 Å². The Kier molecular flexibility index (Phi) is 8.93. The summed E-state index contributed by atoms with van der Waals surface area (Å²) in [5, 5.41) is 0. The van der Waals surface area contributed by atoms with E-state index in [1.54, 1.807) is 62.4 Å². The Balaban J connectivity index is 1.64. The van der Waals surface area contributed by atoms with Crippen molar-refractivity contribution in [2.24, 2.45) is 4.99 Å². The maximum Gasteiger partial charge on any atom is 0.338 e. The molecule has 0 N–H and O–H groups in total. The Bertz CT molecular complexity index is 2000. The fourth-order valence-electron chi connectivity index (χ4n) is 5.05. The van der Waals surface area contributed by atoms with Gasteiger partial charge in [-0.25, -0.2) is 14.6 Å².